The summed E-state index contributed by atoms with van der Waals surface area (Å²) in [5, 5.41) is 16.1. The van der Waals surface area contributed by atoms with Crippen molar-refractivity contribution in [1.29, 1.82) is 0 Å². The minimum absolute atomic E-state index is 0.0170. The summed E-state index contributed by atoms with van der Waals surface area (Å²) in [4.78, 5) is 13.8. The van der Waals surface area contributed by atoms with Crippen molar-refractivity contribution < 1.29 is 5.11 Å². The zero-order valence-corrected chi connectivity index (χ0v) is 18.4. The van der Waals surface area contributed by atoms with Crippen LogP contribution in [-0.2, 0) is 6.54 Å². The van der Waals surface area contributed by atoms with Crippen molar-refractivity contribution in [2.75, 3.05) is 23.0 Å². The highest BCUT2D eigenvalue weighted by atomic mass is 127. The van der Waals surface area contributed by atoms with E-state index in [1.807, 2.05) is 29.7 Å². The van der Waals surface area contributed by atoms with Gasteiger partial charge in [-0.2, -0.15) is 9.97 Å². The summed E-state index contributed by atoms with van der Waals surface area (Å²) in [7, 11) is 0. The molecular formula is C19H26IN7O. The zero-order valence-electron chi connectivity index (χ0n) is 16.3. The second-order valence-electron chi connectivity index (χ2n) is 6.94. The Kier molecular flexibility index (Phi) is 6.55. The normalized spacial score (nSPS) is 12.5. The van der Waals surface area contributed by atoms with Crippen LogP contribution >= 0.6 is 22.6 Å². The predicted molar refractivity (Wildman–Crippen MR) is 121 cm³/mol. The molecule has 0 aliphatic rings. The van der Waals surface area contributed by atoms with E-state index in [0.29, 0.717) is 23.8 Å². The Labute approximate surface area is 178 Å². The highest BCUT2D eigenvalue weighted by Crippen LogP contribution is 2.25. The number of imidazole rings is 1. The minimum Gasteiger partial charge on any atom is -0.398 e. The van der Waals surface area contributed by atoms with Crippen LogP contribution in [0.5, 0.6) is 0 Å². The van der Waals surface area contributed by atoms with E-state index in [2.05, 4.69) is 62.0 Å². The second kappa shape index (κ2) is 8.91. The lowest BCUT2D eigenvalue weighted by atomic mass is 10.2. The molecule has 0 spiro atoms. The number of aliphatic hydroxyl groups excluding tert-OH is 1. The molecule has 0 aliphatic heterocycles. The van der Waals surface area contributed by atoms with E-state index in [0.717, 1.165) is 26.9 Å². The molecule has 9 heteroatoms. The lowest BCUT2D eigenvalue weighted by Gasteiger charge is -2.16. The first-order valence-corrected chi connectivity index (χ1v) is 10.4. The Morgan fingerprint density at radius 1 is 1.29 bits per heavy atom. The molecule has 1 aromatic carbocycles. The summed E-state index contributed by atoms with van der Waals surface area (Å²) >= 11 is 2.27. The Bertz CT molecular complexity index is 953. The maximum absolute atomic E-state index is 9.52. The van der Waals surface area contributed by atoms with Gasteiger partial charge in [-0.25, -0.2) is 4.98 Å². The van der Waals surface area contributed by atoms with Gasteiger partial charge in [0.1, 0.15) is 0 Å². The molecule has 3 rings (SSSR count). The average Bonchev–Trinajstić information content (AvgIpc) is 3.11. The maximum Gasteiger partial charge on any atom is 0.227 e. The van der Waals surface area contributed by atoms with Gasteiger partial charge in [0, 0.05) is 21.8 Å². The van der Waals surface area contributed by atoms with Gasteiger partial charge in [0.05, 0.1) is 19.0 Å². The number of nitrogens with one attached hydrogen (secondary N) is 2. The van der Waals surface area contributed by atoms with E-state index in [4.69, 9.17) is 5.73 Å². The van der Waals surface area contributed by atoms with Crippen LogP contribution in [0.15, 0.2) is 24.5 Å². The van der Waals surface area contributed by atoms with Crippen molar-refractivity contribution in [2.24, 2.45) is 0 Å². The fourth-order valence-corrected chi connectivity index (χ4v) is 3.40. The Hall–Kier alpha value is -2.14. The number of anilines is 3. The molecule has 0 amide bonds. The molecule has 8 nitrogen and oxygen atoms in total. The van der Waals surface area contributed by atoms with Crippen molar-refractivity contribution in [1.82, 2.24) is 19.5 Å². The fraction of sp³-hybridized carbons (Fsp3) is 0.421. The first-order chi connectivity index (χ1) is 13.4. The van der Waals surface area contributed by atoms with Crippen molar-refractivity contribution >= 4 is 51.2 Å². The monoisotopic (exact) mass is 495 g/mol. The van der Waals surface area contributed by atoms with Crippen LogP contribution in [0.1, 0.15) is 38.8 Å². The van der Waals surface area contributed by atoms with Crippen LogP contribution < -0.4 is 16.4 Å². The second-order valence-corrected chi connectivity index (χ2v) is 8.19. The molecule has 0 radical (unpaired) electrons. The predicted octanol–water partition coefficient (Wildman–Crippen LogP) is 3.39. The van der Waals surface area contributed by atoms with E-state index in [9.17, 15) is 5.11 Å². The Balaban J connectivity index is 1.98. The third-order valence-corrected chi connectivity index (χ3v) is 5.25. The van der Waals surface area contributed by atoms with E-state index in [1.54, 1.807) is 6.33 Å². The first-order valence-electron chi connectivity index (χ1n) is 9.32. The molecule has 5 N–H and O–H groups in total. The molecule has 2 heterocycles. The number of aromatic nitrogens is 4. The zero-order chi connectivity index (χ0) is 20.3. The molecule has 28 heavy (non-hydrogen) atoms. The molecule has 0 saturated heterocycles. The van der Waals surface area contributed by atoms with Crippen molar-refractivity contribution in [3.63, 3.8) is 0 Å². The molecule has 2 aromatic heterocycles. The summed E-state index contributed by atoms with van der Waals surface area (Å²) in [5.41, 5.74) is 9.29. The lowest BCUT2D eigenvalue weighted by molar-refractivity contribution is 0.271. The third kappa shape index (κ3) is 4.46. The summed E-state index contributed by atoms with van der Waals surface area (Å²) in [6, 6.07) is 6.04. The molecule has 0 saturated carbocycles. The van der Waals surface area contributed by atoms with Gasteiger partial charge in [0.25, 0.3) is 0 Å². The van der Waals surface area contributed by atoms with E-state index >= 15 is 0 Å². The number of halogens is 1. The molecule has 3 aromatic rings. The highest BCUT2D eigenvalue weighted by Gasteiger charge is 2.16. The van der Waals surface area contributed by atoms with Gasteiger partial charge < -0.3 is 26.0 Å². The number of benzene rings is 1. The third-order valence-electron chi connectivity index (χ3n) is 4.58. The van der Waals surface area contributed by atoms with E-state index < -0.39 is 0 Å². The Morgan fingerprint density at radius 3 is 2.75 bits per heavy atom. The fourth-order valence-electron chi connectivity index (χ4n) is 2.85. The van der Waals surface area contributed by atoms with Crippen LogP contribution in [0.2, 0.25) is 0 Å². The van der Waals surface area contributed by atoms with E-state index in [-0.39, 0.29) is 18.7 Å². The Morgan fingerprint density at radius 2 is 2.07 bits per heavy atom. The van der Waals surface area contributed by atoms with Gasteiger partial charge in [-0.05, 0) is 66.6 Å². The van der Waals surface area contributed by atoms with Gasteiger partial charge >= 0.3 is 0 Å². The summed E-state index contributed by atoms with van der Waals surface area (Å²) < 4.78 is 3.13. The quantitative estimate of drug-likeness (QED) is 0.280. The van der Waals surface area contributed by atoms with Crippen LogP contribution in [0.25, 0.3) is 11.2 Å². The molecular weight excluding hydrogens is 469 g/mol. The number of hydrogen-bond acceptors (Lipinski definition) is 7. The van der Waals surface area contributed by atoms with Crippen LogP contribution in [0.4, 0.5) is 17.5 Å². The summed E-state index contributed by atoms with van der Waals surface area (Å²) in [6.07, 6.45) is 2.55. The van der Waals surface area contributed by atoms with Gasteiger partial charge in [-0.15, -0.1) is 0 Å². The largest absolute Gasteiger partial charge is 0.398 e. The van der Waals surface area contributed by atoms with Crippen LogP contribution in [-0.4, -0.2) is 37.3 Å². The molecule has 0 aliphatic carbocycles. The van der Waals surface area contributed by atoms with Crippen molar-refractivity contribution in [2.45, 2.75) is 45.8 Å². The summed E-state index contributed by atoms with van der Waals surface area (Å²) in [6.45, 7) is 6.71. The molecule has 0 bridgehead atoms. The summed E-state index contributed by atoms with van der Waals surface area (Å²) in [5.74, 6) is 1.10. The number of fused-ring (bicyclic) bond motifs is 1. The van der Waals surface area contributed by atoms with E-state index in [1.165, 1.54) is 0 Å². The average molecular weight is 495 g/mol. The standard InChI is InChI=1S/C19H26IN7O/c1-4-14(9-28)24-19-25-17(16-18(26-19)27(10-23-16)11(2)3)22-8-12-7-13(20)5-6-15(12)21/h5-7,10-11,14,28H,4,8-9,21H2,1-3H3,(H2,22,24,25,26). The van der Waals surface area contributed by atoms with Gasteiger partial charge in [-0.1, -0.05) is 6.92 Å². The first kappa shape index (κ1) is 20.6. The number of nitrogen functional groups attached to an aromatic ring is 1. The van der Waals surface area contributed by atoms with Crippen molar-refractivity contribution in [3.05, 3.63) is 33.7 Å². The number of hydrogen-bond donors (Lipinski definition) is 4. The smallest absolute Gasteiger partial charge is 0.227 e. The van der Waals surface area contributed by atoms with Gasteiger partial charge in [0.2, 0.25) is 5.95 Å². The molecule has 1 atom stereocenters. The molecule has 0 fully saturated rings. The van der Waals surface area contributed by atoms with Gasteiger partial charge in [-0.3, -0.25) is 0 Å². The molecule has 150 valence electrons. The molecule has 1 unspecified atom stereocenters. The lowest BCUT2D eigenvalue weighted by Crippen LogP contribution is -2.24. The maximum atomic E-state index is 9.52. The highest BCUT2D eigenvalue weighted by molar-refractivity contribution is 14.1. The number of nitrogens with zero attached hydrogens (tertiary/aromatic N) is 4. The minimum atomic E-state index is -0.105. The van der Waals surface area contributed by atoms with Crippen molar-refractivity contribution in [3.8, 4) is 0 Å². The van der Waals surface area contributed by atoms with Gasteiger partial charge in [0.15, 0.2) is 17.0 Å². The number of rotatable bonds is 8. The van der Waals surface area contributed by atoms with Crippen LogP contribution in [0, 0.1) is 3.57 Å². The SMILES string of the molecule is CCC(CO)Nc1nc(NCc2cc(I)ccc2N)c2ncn(C(C)C)c2n1. The topological polar surface area (TPSA) is 114 Å². The number of nitrogens with two attached hydrogens (primary N) is 1. The van der Waals surface area contributed by atoms with Crippen LogP contribution in [0.3, 0.4) is 0 Å². The number of aliphatic hydroxyl groups is 1.